The Labute approximate surface area is 87.5 Å². The molecule has 6 heteroatoms. The Kier molecular flexibility index (Phi) is 3.44. The molecule has 0 spiro atoms. The molecule has 1 heterocycles. The van der Waals surface area contributed by atoms with Crippen LogP contribution in [-0.2, 0) is 0 Å². The van der Waals surface area contributed by atoms with Crippen molar-refractivity contribution in [1.82, 2.24) is 10.6 Å². The number of urea groups is 1. The summed E-state index contributed by atoms with van der Waals surface area (Å²) in [6.45, 7) is 0. The molecule has 0 unspecified atom stereocenters. The van der Waals surface area contributed by atoms with Crippen molar-refractivity contribution in [2.24, 2.45) is 0 Å². The fourth-order valence-electron chi connectivity index (χ4n) is 0.664. The van der Waals surface area contributed by atoms with Gasteiger partial charge in [-0.25, -0.2) is 4.79 Å². The van der Waals surface area contributed by atoms with Crippen LogP contribution in [0.15, 0.2) is 15.9 Å². The molecule has 0 atom stereocenters. The average Bonchev–Trinajstić information content (AvgIpc) is 2.51. The molecule has 0 saturated heterocycles. The molecule has 70 valence electrons. The third kappa shape index (κ3) is 2.82. The molecule has 0 fully saturated rings. The summed E-state index contributed by atoms with van der Waals surface area (Å²) in [5.41, 5.74) is 0. The van der Waals surface area contributed by atoms with Crippen molar-refractivity contribution in [3.8, 4) is 0 Å². The van der Waals surface area contributed by atoms with E-state index in [-0.39, 0.29) is 0 Å². The number of imide groups is 1. The van der Waals surface area contributed by atoms with Crippen molar-refractivity contribution in [3.05, 3.63) is 20.8 Å². The Balaban J connectivity index is 2.64. The second-order valence-electron chi connectivity index (χ2n) is 2.14. The first-order valence-corrected chi connectivity index (χ1v) is 5.03. The van der Waals surface area contributed by atoms with E-state index in [2.05, 4.69) is 26.6 Å². The van der Waals surface area contributed by atoms with Gasteiger partial charge in [0.1, 0.15) is 0 Å². The standard InChI is InChI=1S/C7H7BrN2O2S/c1-9-7(12)10-6(11)4-2-3-5(8)13-4/h2-3H,1H3,(H2,9,10,11,12). The summed E-state index contributed by atoms with van der Waals surface area (Å²) in [4.78, 5) is 22.5. The van der Waals surface area contributed by atoms with Crippen LogP contribution in [0, 0.1) is 0 Å². The molecule has 0 radical (unpaired) electrons. The van der Waals surface area contributed by atoms with E-state index in [4.69, 9.17) is 0 Å². The van der Waals surface area contributed by atoms with E-state index in [1.165, 1.54) is 18.4 Å². The lowest BCUT2D eigenvalue weighted by molar-refractivity contribution is 0.0968. The number of amides is 3. The van der Waals surface area contributed by atoms with Gasteiger partial charge in [0.2, 0.25) is 0 Å². The first kappa shape index (κ1) is 10.2. The zero-order valence-corrected chi connectivity index (χ0v) is 9.16. The summed E-state index contributed by atoms with van der Waals surface area (Å²) < 4.78 is 0.856. The van der Waals surface area contributed by atoms with Gasteiger partial charge in [0.15, 0.2) is 0 Å². The molecule has 0 aliphatic rings. The second-order valence-corrected chi connectivity index (χ2v) is 4.60. The van der Waals surface area contributed by atoms with E-state index in [1.54, 1.807) is 12.1 Å². The van der Waals surface area contributed by atoms with Crippen LogP contribution in [0.1, 0.15) is 9.67 Å². The number of nitrogens with one attached hydrogen (secondary N) is 2. The largest absolute Gasteiger partial charge is 0.341 e. The molecule has 1 rings (SSSR count). The Bertz CT molecular complexity index is 337. The molecule has 0 saturated carbocycles. The van der Waals surface area contributed by atoms with Gasteiger partial charge in [-0.2, -0.15) is 0 Å². The topological polar surface area (TPSA) is 58.2 Å². The molecule has 1 aromatic rings. The first-order valence-electron chi connectivity index (χ1n) is 3.42. The fourth-order valence-corrected chi connectivity index (χ4v) is 1.94. The minimum absolute atomic E-state index is 0.393. The van der Waals surface area contributed by atoms with E-state index in [9.17, 15) is 9.59 Å². The lowest BCUT2D eigenvalue weighted by Gasteiger charge is -1.99. The van der Waals surface area contributed by atoms with Gasteiger partial charge >= 0.3 is 6.03 Å². The van der Waals surface area contributed by atoms with Gasteiger partial charge in [-0.1, -0.05) is 0 Å². The zero-order valence-electron chi connectivity index (χ0n) is 6.76. The van der Waals surface area contributed by atoms with Gasteiger partial charge in [-0.15, -0.1) is 11.3 Å². The van der Waals surface area contributed by atoms with E-state index in [0.717, 1.165) is 3.79 Å². The lowest BCUT2D eigenvalue weighted by atomic mass is 10.4. The summed E-state index contributed by atoms with van der Waals surface area (Å²) in [5.74, 6) is -0.393. The van der Waals surface area contributed by atoms with Crippen LogP contribution < -0.4 is 10.6 Å². The van der Waals surface area contributed by atoms with E-state index in [1.807, 2.05) is 0 Å². The summed E-state index contributed by atoms with van der Waals surface area (Å²) in [5, 5.41) is 4.45. The average molecular weight is 263 g/mol. The van der Waals surface area contributed by atoms with Crippen molar-refractivity contribution in [3.63, 3.8) is 0 Å². The SMILES string of the molecule is CNC(=O)NC(=O)c1ccc(Br)s1. The number of hydrogen-bond acceptors (Lipinski definition) is 3. The molecule has 0 aliphatic carbocycles. The van der Waals surface area contributed by atoms with E-state index < -0.39 is 11.9 Å². The van der Waals surface area contributed by atoms with Crippen molar-refractivity contribution < 1.29 is 9.59 Å². The van der Waals surface area contributed by atoms with Gasteiger partial charge < -0.3 is 5.32 Å². The van der Waals surface area contributed by atoms with Crippen LogP contribution in [0.25, 0.3) is 0 Å². The molecule has 3 amide bonds. The van der Waals surface area contributed by atoms with Crippen molar-refractivity contribution in [2.45, 2.75) is 0 Å². The molecule has 0 aromatic carbocycles. The Morgan fingerprint density at radius 2 is 2.15 bits per heavy atom. The van der Waals surface area contributed by atoms with Crippen molar-refractivity contribution in [1.29, 1.82) is 0 Å². The molecule has 4 nitrogen and oxygen atoms in total. The number of carbonyl (C=O) groups excluding carboxylic acids is 2. The number of rotatable bonds is 1. The fraction of sp³-hybridized carbons (Fsp3) is 0.143. The molecular formula is C7H7BrN2O2S. The number of thiophene rings is 1. The van der Waals surface area contributed by atoms with Gasteiger partial charge in [-0.3, -0.25) is 10.1 Å². The quantitative estimate of drug-likeness (QED) is 0.808. The maximum absolute atomic E-state index is 11.2. The highest BCUT2D eigenvalue weighted by Crippen LogP contribution is 2.21. The molecule has 13 heavy (non-hydrogen) atoms. The molecular weight excluding hydrogens is 256 g/mol. The highest BCUT2D eigenvalue weighted by molar-refractivity contribution is 9.11. The van der Waals surface area contributed by atoms with Crippen molar-refractivity contribution in [2.75, 3.05) is 7.05 Å². The van der Waals surface area contributed by atoms with Gasteiger partial charge in [0.25, 0.3) is 5.91 Å². The Hall–Kier alpha value is -0.880. The summed E-state index contributed by atoms with van der Waals surface area (Å²) in [6.07, 6.45) is 0. The number of hydrogen-bond donors (Lipinski definition) is 2. The predicted molar refractivity (Wildman–Crippen MR) is 53.9 cm³/mol. The van der Waals surface area contributed by atoms with Gasteiger partial charge in [-0.05, 0) is 28.1 Å². The molecule has 0 bridgehead atoms. The van der Waals surface area contributed by atoms with E-state index in [0.29, 0.717) is 4.88 Å². The summed E-state index contributed by atoms with van der Waals surface area (Å²) in [7, 11) is 1.45. The predicted octanol–water partition coefficient (Wildman–Crippen LogP) is 1.58. The Morgan fingerprint density at radius 1 is 1.46 bits per heavy atom. The lowest BCUT2D eigenvalue weighted by Crippen LogP contribution is -2.36. The normalized spacial score (nSPS) is 9.38. The zero-order chi connectivity index (χ0) is 9.84. The third-order valence-electron chi connectivity index (χ3n) is 1.25. The summed E-state index contributed by atoms with van der Waals surface area (Å²) >= 11 is 4.49. The highest BCUT2D eigenvalue weighted by atomic mass is 79.9. The Morgan fingerprint density at radius 3 is 2.62 bits per heavy atom. The monoisotopic (exact) mass is 262 g/mol. The van der Waals surface area contributed by atoms with Crippen LogP contribution in [0.4, 0.5) is 4.79 Å². The van der Waals surface area contributed by atoms with Crippen LogP contribution >= 0.6 is 27.3 Å². The van der Waals surface area contributed by atoms with Crippen LogP contribution in [0.2, 0.25) is 0 Å². The summed E-state index contributed by atoms with van der Waals surface area (Å²) in [6, 6.07) is 2.89. The molecule has 2 N–H and O–H groups in total. The highest BCUT2D eigenvalue weighted by Gasteiger charge is 2.10. The minimum Gasteiger partial charge on any atom is -0.341 e. The van der Waals surface area contributed by atoms with E-state index >= 15 is 0 Å². The molecule has 1 aromatic heterocycles. The third-order valence-corrected chi connectivity index (χ3v) is 2.87. The maximum atomic E-state index is 11.2. The number of carbonyl (C=O) groups is 2. The first-order chi connectivity index (χ1) is 6.13. The van der Waals surface area contributed by atoms with Crippen molar-refractivity contribution >= 4 is 39.2 Å². The van der Waals surface area contributed by atoms with Crippen LogP contribution in [-0.4, -0.2) is 19.0 Å². The molecule has 0 aliphatic heterocycles. The minimum atomic E-state index is -0.505. The second kappa shape index (κ2) is 4.38. The van der Waals surface area contributed by atoms with Gasteiger partial charge in [0, 0.05) is 7.05 Å². The maximum Gasteiger partial charge on any atom is 0.321 e. The van der Waals surface area contributed by atoms with Crippen LogP contribution in [0.3, 0.4) is 0 Å². The smallest absolute Gasteiger partial charge is 0.321 e. The van der Waals surface area contributed by atoms with Crippen LogP contribution in [0.5, 0.6) is 0 Å². The number of halogens is 1. The van der Waals surface area contributed by atoms with Gasteiger partial charge in [0.05, 0.1) is 8.66 Å².